The zero-order valence-corrected chi connectivity index (χ0v) is 10.7. The molecule has 2 aliphatic rings. The van der Waals surface area contributed by atoms with Crippen molar-refractivity contribution in [2.24, 2.45) is 11.3 Å². The molecule has 4 heteroatoms. The third-order valence-electron chi connectivity index (χ3n) is 4.31. The van der Waals surface area contributed by atoms with Gasteiger partial charge in [-0.15, -0.1) is 0 Å². The Morgan fingerprint density at radius 2 is 2.18 bits per heavy atom. The summed E-state index contributed by atoms with van der Waals surface area (Å²) >= 11 is 0. The first-order valence-electron chi connectivity index (χ1n) is 6.61. The van der Waals surface area contributed by atoms with Gasteiger partial charge in [0.25, 0.3) is 0 Å². The molecule has 0 aromatic rings. The highest BCUT2D eigenvalue weighted by atomic mass is 16.5. The largest absolute Gasteiger partial charge is 0.481 e. The van der Waals surface area contributed by atoms with Gasteiger partial charge in [0, 0.05) is 20.2 Å². The summed E-state index contributed by atoms with van der Waals surface area (Å²) in [5, 5.41) is 9.44. The molecule has 1 unspecified atom stereocenters. The van der Waals surface area contributed by atoms with Gasteiger partial charge in [-0.25, -0.2) is 0 Å². The second-order valence-corrected chi connectivity index (χ2v) is 5.64. The lowest BCUT2D eigenvalue weighted by molar-refractivity contribution is -0.149. The Morgan fingerprint density at radius 1 is 1.47 bits per heavy atom. The highest BCUT2D eigenvalue weighted by molar-refractivity contribution is 5.75. The van der Waals surface area contributed by atoms with Crippen LogP contribution in [0.3, 0.4) is 0 Å². The smallest absolute Gasteiger partial charge is 0.310 e. The molecule has 2 rings (SSSR count). The van der Waals surface area contributed by atoms with Gasteiger partial charge in [-0.3, -0.25) is 4.79 Å². The number of ether oxygens (including phenoxy) is 1. The number of carbonyl (C=O) groups is 1. The lowest BCUT2D eigenvalue weighted by atomic mass is 9.86. The molecule has 1 saturated carbocycles. The molecule has 0 bridgehead atoms. The average molecular weight is 241 g/mol. The number of aliphatic carboxylic acids is 1. The molecule has 17 heavy (non-hydrogen) atoms. The molecule has 0 amide bonds. The van der Waals surface area contributed by atoms with Crippen molar-refractivity contribution in [3.05, 3.63) is 0 Å². The first kappa shape index (κ1) is 12.8. The third-order valence-corrected chi connectivity index (χ3v) is 4.31. The molecule has 1 atom stereocenters. The Hall–Kier alpha value is -0.610. The van der Waals surface area contributed by atoms with Gasteiger partial charge in [0.05, 0.1) is 12.0 Å². The summed E-state index contributed by atoms with van der Waals surface area (Å²) in [6.45, 7) is 3.57. The van der Waals surface area contributed by atoms with Crippen LogP contribution in [0.1, 0.15) is 32.1 Å². The van der Waals surface area contributed by atoms with Crippen LogP contribution in [0.5, 0.6) is 0 Å². The Kier molecular flexibility index (Phi) is 4.05. The average Bonchev–Trinajstić information content (AvgIpc) is 2.90. The fourth-order valence-electron chi connectivity index (χ4n) is 3.35. The number of methoxy groups -OCH3 is 1. The van der Waals surface area contributed by atoms with Crippen molar-refractivity contribution in [3.8, 4) is 0 Å². The number of nitrogens with zero attached hydrogens (tertiary/aromatic N) is 1. The van der Waals surface area contributed by atoms with Crippen LogP contribution in [-0.2, 0) is 9.53 Å². The number of carboxylic acid groups (broad SMARTS) is 1. The van der Waals surface area contributed by atoms with Gasteiger partial charge >= 0.3 is 5.97 Å². The number of carboxylic acids is 1. The lowest BCUT2D eigenvalue weighted by Crippen LogP contribution is -2.40. The maximum absolute atomic E-state index is 11.5. The first-order chi connectivity index (χ1) is 8.16. The highest BCUT2D eigenvalue weighted by Gasteiger charge is 2.43. The number of rotatable bonds is 5. The SMILES string of the molecule is COCC1CCN(CC2(C(=O)O)CCCC2)C1. The van der Waals surface area contributed by atoms with E-state index in [2.05, 4.69) is 4.90 Å². The van der Waals surface area contributed by atoms with Crippen LogP contribution >= 0.6 is 0 Å². The predicted molar refractivity (Wildman–Crippen MR) is 65.0 cm³/mol. The van der Waals surface area contributed by atoms with Crippen LogP contribution in [0.15, 0.2) is 0 Å². The monoisotopic (exact) mass is 241 g/mol. The van der Waals surface area contributed by atoms with Crippen LogP contribution < -0.4 is 0 Å². The third kappa shape index (κ3) is 2.80. The summed E-state index contributed by atoms with van der Waals surface area (Å²) in [4.78, 5) is 13.8. The van der Waals surface area contributed by atoms with Crippen molar-refractivity contribution >= 4 is 5.97 Å². The van der Waals surface area contributed by atoms with Crippen molar-refractivity contribution in [1.82, 2.24) is 4.90 Å². The second kappa shape index (κ2) is 5.36. The molecule has 1 heterocycles. The second-order valence-electron chi connectivity index (χ2n) is 5.64. The topological polar surface area (TPSA) is 49.8 Å². The predicted octanol–water partition coefficient (Wildman–Crippen LogP) is 1.60. The standard InChI is InChI=1S/C13H23NO3/c1-17-9-11-4-7-14(8-11)10-13(12(15)16)5-2-3-6-13/h11H,2-10H2,1H3,(H,15,16). The van der Waals surface area contributed by atoms with Gasteiger partial charge in [0.1, 0.15) is 0 Å². The van der Waals surface area contributed by atoms with E-state index in [0.717, 1.165) is 58.3 Å². The van der Waals surface area contributed by atoms with E-state index in [1.54, 1.807) is 7.11 Å². The van der Waals surface area contributed by atoms with Crippen molar-refractivity contribution in [2.45, 2.75) is 32.1 Å². The first-order valence-corrected chi connectivity index (χ1v) is 6.61. The van der Waals surface area contributed by atoms with Gasteiger partial charge < -0.3 is 14.7 Å². The van der Waals surface area contributed by atoms with E-state index < -0.39 is 11.4 Å². The summed E-state index contributed by atoms with van der Waals surface area (Å²) in [5.41, 5.74) is -0.456. The van der Waals surface area contributed by atoms with Gasteiger partial charge in [-0.2, -0.15) is 0 Å². The van der Waals surface area contributed by atoms with Crippen LogP contribution in [0, 0.1) is 11.3 Å². The number of likely N-dealkylation sites (tertiary alicyclic amines) is 1. The Labute approximate surface area is 103 Å². The van der Waals surface area contributed by atoms with Crippen LogP contribution in [-0.4, -0.2) is 49.3 Å². The van der Waals surface area contributed by atoms with Gasteiger partial charge in [-0.1, -0.05) is 12.8 Å². The van der Waals surface area contributed by atoms with E-state index in [-0.39, 0.29) is 0 Å². The number of hydrogen-bond acceptors (Lipinski definition) is 3. The van der Waals surface area contributed by atoms with Crippen LogP contribution in [0.4, 0.5) is 0 Å². The molecule has 1 saturated heterocycles. The lowest BCUT2D eigenvalue weighted by Gasteiger charge is -2.29. The molecule has 1 N–H and O–H groups in total. The summed E-state index contributed by atoms with van der Waals surface area (Å²) in [6.07, 6.45) is 4.99. The van der Waals surface area contributed by atoms with E-state index in [9.17, 15) is 9.90 Å². The molecule has 1 aliphatic carbocycles. The zero-order valence-electron chi connectivity index (χ0n) is 10.7. The molecule has 1 aliphatic heterocycles. The van der Waals surface area contributed by atoms with Crippen LogP contribution in [0.2, 0.25) is 0 Å². The van der Waals surface area contributed by atoms with Crippen molar-refractivity contribution in [3.63, 3.8) is 0 Å². The summed E-state index contributed by atoms with van der Waals surface area (Å²) in [5.74, 6) is -0.00237. The van der Waals surface area contributed by atoms with Crippen molar-refractivity contribution in [1.29, 1.82) is 0 Å². The maximum Gasteiger partial charge on any atom is 0.310 e. The molecule has 2 fully saturated rings. The van der Waals surface area contributed by atoms with E-state index in [1.807, 2.05) is 0 Å². The van der Waals surface area contributed by atoms with Crippen LogP contribution in [0.25, 0.3) is 0 Å². The zero-order chi connectivity index (χ0) is 12.3. The molecular formula is C13H23NO3. The minimum atomic E-state index is -0.592. The normalized spacial score (nSPS) is 28.6. The molecule has 0 spiro atoms. The maximum atomic E-state index is 11.5. The molecular weight excluding hydrogens is 218 g/mol. The molecule has 98 valence electrons. The van der Waals surface area contributed by atoms with Crippen molar-refractivity contribution < 1.29 is 14.6 Å². The van der Waals surface area contributed by atoms with E-state index >= 15 is 0 Å². The Balaban J connectivity index is 1.89. The van der Waals surface area contributed by atoms with E-state index in [4.69, 9.17) is 4.74 Å². The summed E-state index contributed by atoms with van der Waals surface area (Å²) < 4.78 is 5.17. The van der Waals surface area contributed by atoms with E-state index in [0.29, 0.717) is 5.92 Å². The minimum Gasteiger partial charge on any atom is -0.481 e. The van der Waals surface area contributed by atoms with Gasteiger partial charge in [0.15, 0.2) is 0 Å². The summed E-state index contributed by atoms with van der Waals surface area (Å²) in [6, 6.07) is 0. The Morgan fingerprint density at radius 3 is 2.76 bits per heavy atom. The Bertz CT molecular complexity index is 274. The van der Waals surface area contributed by atoms with Gasteiger partial charge in [-0.05, 0) is 31.7 Å². The summed E-state index contributed by atoms with van der Waals surface area (Å²) in [7, 11) is 1.73. The molecule has 0 radical (unpaired) electrons. The van der Waals surface area contributed by atoms with Gasteiger partial charge in [0.2, 0.25) is 0 Å². The molecule has 0 aromatic heterocycles. The van der Waals surface area contributed by atoms with E-state index in [1.165, 1.54) is 0 Å². The fourth-order valence-corrected chi connectivity index (χ4v) is 3.35. The highest BCUT2D eigenvalue weighted by Crippen LogP contribution is 2.40. The fraction of sp³-hybridized carbons (Fsp3) is 0.923. The quantitative estimate of drug-likeness (QED) is 0.794. The van der Waals surface area contributed by atoms with Crippen molar-refractivity contribution in [2.75, 3.05) is 33.4 Å². The number of hydrogen-bond donors (Lipinski definition) is 1. The molecule has 0 aromatic carbocycles. The molecule has 4 nitrogen and oxygen atoms in total. The minimum absolute atomic E-state index is 0.456.